The van der Waals surface area contributed by atoms with E-state index in [1.807, 2.05) is 60.7 Å². The fourth-order valence-corrected chi connectivity index (χ4v) is 2.44. The minimum Gasteiger partial charge on any atom is -0.242 e. The van der Waals surface area contributed by atoms with E-state index in [1.165, 1.54) is 0 Å². The van der Waals surface area contributed by atoms with E-state index in [1.54, 1.807) is 0 Å². The molecule has 2 nitrogen and oxygen atoms in total. The molecule has 0 atom stereocenters. The van der Waals surface area contributed by atoms with Crippen molar-refractivity contribution in [2.45, 2.75) is 0 Å². The normalized spacial score (nSPS) is 11.8. The molecule has 1 aromatic heterocycles. The fraction of sp³-hybridized carbons (Fsp3) is 0. The van der Waals surface area contributed by atoms with Crippen molar-refractivity contribution in [2.75, 3.05) is 0 Å². The van der Waals surface area contributed by atoms with Gasteiger partial charge in [0.1, 0.15) is 5.69 Å². The summed E-state index contributed by atoms with van der Waals surface area (Å²) in [7, 11) is 0. The molecule has 4 heteroatoms. The molecule has 98 valence electrons. The maximum atomic E-state index is 6.32. The zero-order chi connectivity index (χ0) is 13.9. The molecule has 0 saturated carbocycles. The summed E-state index contributed by atoms with van der Waals surface area (Å²) in [5.74, 6) is 0. The molecule has 0 N–H and O–H groups in total. The third-order valence-corrected chi connectivity index (χ3v) is 3.40. The first-order chi connectivity index (χ1) is 9.74. The van der Waals surface area contributed by atoms with Crippen LogP contribution in [0.15, 0.2) is 54.6 Å². The van der Waals surface area contributed by atoms with Crippen LogP contribution in [0, 0.1) is 0 Å². The summed E-state index contributed by atoms with van der Waals surface area (Å²) in [4.78, 5) is 8.79. The predicted molar refractivity (Wildman–Crippen MR) is 84.7 cm³/mol. The van der Waals surface area contributed by atoms with Crippen LogP contribution in [0.5, 0.6) is 0 Å². The number of halogens is 2. The van der Waals surface area contributed by atoms with Crippen LogP contribution < -0.4 is 0 Å². The van der Waals surface area contributed by atoms with Crippen LogP contribution in [0.1, 0.15) is 11.3 Å². The van der Waals surface area contributed by atoms with E-state index < -0.39 is 0 Å². The van der Waals surface area contributed by atoms with Crippen LogP contribution in [-0.2, 0) is 0 Å². The van der Waals surface area contributed by atoms with Gasteiger partial charge in [0.2, 0.25) is 0 Å². The van der Waals surface area contributed by atoms with Gasteiger partial charge in [0.15, 0.2) is 5.15 Å². The lowest BCUT2D eigenvalue weighted by molar-refractivity contribution is 1.26. The second-order valence-electron chi connectivity index (χ2n) is 4.25. The van der Waals surface area contributed by atoms with Crippen LogP contribution in [-0.4, -0.2) is 9.97 Å². The minimum absolute atomic E-state index is 0.306. The van der Waals surface area contributed by atoms with Crippen molar-refractivity contribution in [3.8, 4) is 0 Å². The highest BCUT2D eigenvalue weighted by molar-refractivity contribution is 6.52. The van der Waals surface area contributed by atoms with Gasteiger partial charge in [-0.2, -0.15) is 0 Å². The van der Waals surface area contributed by atoms with Crippen LogP contribution in [0.4, 0.5) is 0 Å². The second kappa shape index (κ2) is 5.61. The number of nitrogens with zero attached hydrogens (tertiary/aromatic N) is 2. The lowest BCUT2D eigenvalue weighted by Crippen LogP contribution is -1.92. The topological polar surface area (TPSA) is 25.8 Å². The molecule has 3 rings (SSSR count). The van der Waals surface area contributed by atoms with Crippen LogP contribution in [0.2, 0.25) is 5.15 Å². The van der Waals surface area contributed by atoms with E-state index in [4.69, 9.17) is 23.2 Å². The predicted octanol–water partition coefficient (Wildman–Crippen LogP) is 5.02. The molecule has 0 aliphatic heterocycles. The van der Waals surface area contributed by atoms with Gasteiger partial charge in [-0.05, 0) is 23.8 Å². The summed E-state index contributed by atoms with van der Waals surface area (Å²) < 4.78 is 0. The van der Waals surface area contributed by atoms with E-state index >= 15 is 0 Å². The standard InChI is InChI=1S/C16H10Cl2N2/c17-12(10-11-6-2-1-3-7-11)15-16(18)20-14-9-5-4-8-13(14)19-15/h1-10H/b12-10-. The lowest BCUT2D eigenvalue weighted by atomic mass is 10.2. The molecule has 3 aromatic rings. The Balaban J connectivity index is 2.09. The molecule has 2 aromatic carbocycles. The highest BCUT2D eigenvalue weighted by Crippen LogP contribution is 2.27. The minimum atomic E-state index is 0.306. The van der Waals surface area contributed by atoms with Gasteiger partial charge in [-0.3, -0.25) is 0 Å². The highest BCUT2D eigenvalue weighted by Gasteiger charge is 2.10. The fourth-order valence-electron chi connectivity index (χ4n) is 1.89. The second-order valence-corrected chi connectivity index (χ2v) is 5.02. The number of benzene rings is 2. The summed E-state index contributed by atoms with van der Waals surface area (Å²) in [6, 6.07) is 17.3. The molecule has 0 aliphatic carbocycles. The SMILES string of the molecule is Cl/C(=C\c1ccccc1)c1nc2ccccc2nc1Cl. The smallest absolute Gasteiger partial charge is 0.156 e. The van der Waals surface area contributed by atoms with Crippen molar-refractivity contribution < 1.29 is 0 Å². The van der Waals surface area contributed by atoms with E-state index in [0.717, 1.165) is 16.6 Å². The molecular formula is C16H10Cl2N2. The Morgan fingerprint density at radius 1 is 0.850 bits per heavy atom. The van der Waals surface area contributed by atoms with Crippen molar-refractivity contribution in [1.82, 2.24) is 9.97 Å². The van der Waals surface area contributed by atoms with Crippen LogP contribution >= 0.6 is 23.2 Å². The van der Waals surface area contributed by atoms with Crippen molar-refractivity contribution in [3.05, 3.63) is 71.0 Å². The zero-order valence-electron chi connectivity index (χ0n) is 10.4. The number of para-hydroxylation sites is 2. The van der Waals surface area contributed by atoms with Gasteiger partial charge in [-0.15, -0.1) is 0 Å². The Morgan fingerprint density at radius 3 is 2.15 bits per heavy atom. The van der Waals surface area contributed by atoms with Gasteiger partial charge in [-0.25, -0.2) is 9.97 Å². The summed E-state index contributed by atoms with van der Waals surface area (Å²) >= 11 is 12.5. The first-order valence-electron chi connectivity index (χ1n) is 6.09. The van der Waals surface area contributed by atoms with Crippen LogP contribution in [0.3, 0.4) is 0 Å². The molecule has 0 amide bonds. The van der Waals surface area contributed by atoms with Gasteiger partial charge >= 0.3 is 0 Å². The Hall–Kier alpha value is -1.90. The van der Waals surface area contributed by atoms with Crippen LogP contribution in [0.25, 0.3) is 22.1 Å². The largest absolute Gasteiger partial charge is 0.242 e. The summed E-state index contributed by atoms with van der Waals surface area (Å²) in [6.45, 7) is 0. The van der Waals surface area contributed by atoms with Crippen molar-refractivity contribution in [2.24, 2.45) is 0 Å². The molecule has 0 unspecified atom stereocenters. The van der Waals surface area contributed by atoms with Crippen molar-refractivity contribution in [3.63, 3.8) is 0 Å². The molecule has 0 spiro atoms. The van der Waals surface area contributed by atoms with Gasteiger partial charge in [0.05, 0.1) is 16.1 Å². The molecule has 0 fully saturated rings. The molecule has 1 heterocycles. The molecule has 0 aliphatic rings. The number of hydrogen-bond donors (Lipinski definition) is 0. The van der Waals surface area contributed by atoms with Gasteiger partial charge in [-0.1, -0.05) is 65.7 Å². The van der Waals surface area contributed by atoms with Gasteiger partial charge < -0.3 is 0 Å². The van der Waals surface area contributed by atoms with E-state index in [2.05, 4.69) is 9.97 Å². The third kappa shape index (κ3) is 2.67. The number of hydrogen-bond acceptors (Lipinski definition) is 2. The molecule has 0 radical (unpaired) electrons. The van der Waals surface area contributed by atoms with Crippen molar-refractivity contribution >= 4 is 45.3 Å². The van der Waals surface area contributed by atoms with Gasteiger partial charge in [0.25, 0.3) is 0 Å². The molecule has 20 heavy (non-hydrogen) atoms. The maximum Gasteiger partial charge on any atom is 0.156 e. The first-order valence-corrected chi connectivity index (χ1v) is 6.84. The lowest BCUT2D eigenvalue weighted by Gasteiger charge is -2.04. The Kier molecular flexibility index (Phi) is 3.68. The quantitative estimate of drug-likeness (QED) is 0.664. The number of aromatic nitrogens is 2. The highest BCUT2D eigenvalue weighted by atomic mass is 35.5. The average molecular weight is 301 g/mol. The zero-order valence-corrected chi connectivity index (χ0v) is 11.9. The van der Waals surface area contributed by atoms with Crippen molar-refractivity contribution in [1.29, 1.82) is 0 Å². The summed E-state index contributed by atoms with van der Waals surface area (Å²) in [5.41, 5.74) is 3.01. The molecule has 0 bridgehead atoms. The Labute approximate surface area is 126 Å². The summed E-state index contributed by atoms with van der Waals surface area (Å²) in [6.07, 6.45) is 1.83. The third-order valence-electron chi connectivity index (χ3n) is 2.85. The van der Waals surface area contributed by atoms with Gasteiger partial charge in [0, 0.05) is 0 Å². The van der Waals surface area contributed by atoms with E-state index in [9.17, 15) is 0 Å². The average Bonchev–Trinajstić information content (AvgIpc) is 2.47. The Bertz CT molecular complexity index is 783. The first kappa shape index (κ1) is 13.1. The van der Waals surface area contributed by atoms with E-state index in [-0.39, 0.29) is 0 Å². The summed E-state index contributed by atoms with van der Waals surface area (Å²) in [5, 5.41) is 0.778. The van der Waals surface area contributed by atoms with E-state index in [0.29, 0.717) is 15.9 Å². The molecule has 0 saturated heterocycles. The maximum absolute atomic E-state index is 6.32. The monoisotopic (exact) mass is 300 g/mol. The number of fused-ring (bicyclic) bond motifs is 1. The Morgan fingerprint density at radius 2 is 1.45 bits per heavy atom. The molecular weight excluding hydrogens is 291 g/mol. The number of rotatable bonds is 2.